The number of aryl methyl sites for hydroxylation is 1. The number of nitrogens with zero attached hydrogens (tertiary/aromatic N) is 3. The van der Waals surface area contributed by atoms with Crippen molar-refractivity contribution in [3.05, 3.63) is 24.2 Å². The van der Waals surface area contributed by atoms with Crippen molar-refractivity contribution >= 4 is 11.2 Å². The molecular weight excluding hydrogens is 260 g/mol. The summed E-state index contributed by atoms with van der Waals surface area (Å²) in [6, 6.07) is 3.99. The molecule has 2 heterocycles. The first-order valence-electron chi connectivity index (χ1n) is 8.28. The van der Waals surface area contributed by atoms with Crippen molar-refractivity contribution in [2.24, 2.45) is 11.7 Å². The number of aromatic nitrogens is 3. The predicted molar refractivity (Wildman–Crippen MR) is 85.9 cm³/mol. The van der Waals surface area contributed by atoms with Crippen molar-refractivity contribution < 1.29 is 0 Å². The summed E-state index contributed by atoms with van der Waals surface area (Å²) in [7, 11) is 0. The molecule has 0 radical (unpaired) electrons. The van der Waals surface area contributed by atoms with Crippen LogP contribution in [0.3, 0.4) is 0 Å². The molecule has 0 aliphatic heterocycles. The van der Waals surface area contributed by atoms with Crippen LogP contribution in [0, 0.1) is 5.92 Å². The van der Waals surface area contributed by atoms with E-state index < -0.39 is 0 Å². The Hall–Kier alpha value is -1.42. The molecular formula is C17H26N4. The minimum Gasteiger partial charge on any atom is -0.319 e. The van der Waals surface area contributed by atoms with E-state index >= 15 is 0 Å². The fourth-order valence-corrected chi connectivity index (χ4v) is 3.60. The van der Waals surface area contributed by atoms with Gasteiger partial charge in [0.25, 0.3) is 0 Å². The zero-order valence-corrected chi connectivity index (χ0v) is 13.2. The van der Waals surface area contributed by atoms with E-state index in [1.54, 1.807) is 0 Å². The summed E-state index contributed by atoms with van der Waals surface area (Å²) < 4.78 is 2.25. The van der Waals surface area contributed by atoms with Gasteiger partial charge in [-0.3, -0.25) is 0 Å². The van der Waals surface area contributed by atoms with Gasteiger partial charge in [-0.25, -0.2) is 9.97 Å². The molecule has 0 amide bonds. The van der Waals surface area contributed by atoms with Crippen LogP contribution in [-0.4, -0.2) is 14.5 Å². The standard InChI is InChI=1S/C17H26N4/c1-3-12-21-15-14(6-5-11-19-15)20-16(21)17(18)9-7-13(4-2)8-10-17/h5-6,11,13H,3-4,7-10,12,18H2,1-2H3. The molecule has 0 bridgehead atoms. The first-order valence-corrected chi connectivity index (χ1v) is 8.28. The van der Waals surface area contributed by atoms with Gasteiger partial charge in [0, 0.05) is 12.7 Å². The zero-order chi connectivity index (χ0) is 14.9. The molecule has 1 aliphatic carbocycles. The lowest BCUT2D eigenvalue weighted by Crippen LogP contribution is -2.42. The third-order valence-electron chi connectivity index (χ3n) is 4.97. The number of rotatable bonds is 4. The molecule has 1 saturated carbocycles. The van der Waals surface area contributed by atoms with Gasteiger partial charge < -0.3 is 10.3 Å². The Morgan fingerprint density at radius 3 is 2.76 bits per heavy atom. The van der Waals surface area contributed by atoms with Crippen molar-refractivity contribution in [3.63, 3.8) is 0 Å². The van der Waals surface area contributed by atoms with E-state index in [9.17, 15) is 0 Å². The highest BCUT2D eigenvalue weighted by molar-refractivity contribution is 5.71. The molecule has 0 unspecified atom stereocenters. The Labute approximate surface area is 126 Å². The molecule has 0 saturated heterocycles. The summed E-state index contributed by atoms with van der Waals surface area (Å²) in [4.78, 5) is 9.38. The zero-order valence-electron chi connectivity index (χ0n) is 13.2. The third-order valence-corrected chi connectivity index (χ3v) is 4.97. The monoisotopic (exact) mass is 286 g/mol. The first kappa shape index (κ1) is 14.5. The second-order valence-electron chi connectivity index (χ2n) is 6.44. The van der Waals surface area contributed by atoms with Crippen molar-refractivity contribution in [2.45, 2.75) is 64.5 Å². The van der Waals surface area contributed by atoms with Crippen LogP contribution in [0.25, 0.3) is 11.2 Å². The molecule has 2 aromatic rings. The number of pyridine rings is 1. The van der Waals surface area contributed by atoms with Crippen molar-refractivity contribution in [1.82, 2.24) is 14.5 Å². The van der Waals surface area contributed by atoms with Crippen molar-refractivity contribution in [2.75, 3.05) is 0 Å². The van der Waals surface area contributed by atoms with E-state index in [1.165, 1.54) is 19.3 Å². The van der Waals surface area contributed by atoms with Gasteiger partial charge in [0.15, 0.2) is 5.65 Å². The fourth-order valence-electron chi connectivity index (χ4n) is 3.60. The molecule has 114 valence electrons. The second-order valence-corrected chi connectivity index (χ2v) is 6.44. The van der Waals surface area contributed by atoms with Gasteiger partial charge in [-0.2, -0.15) is 0 Å². The van der Waals surface area contributed by atoms with Crippen LogP contribution in [-0.2, 0) is 12.1 Å². The van der Waals surface area contributed by atoms with Crippen molar-refractivity contribution in [1.29, 1.82) is 0 Å². The van der Waals surface area contributed by atoms with E-state index in [0.29, 0.717) is 0 Å². The quantitative estimate of drug-likeness (QED) is 0.934. The molecule has 0 spiro atoms. The molecule has 0 atom stereocenters. The molecule has 4 nitrogen and oxygen atoms in total. The van der Waals surface area contributed by atoms with Crippen molar-refractivity contribution in [3.8, 4) is 0 Å². The summed E-state index contributed by atoms with van der Waals surface area (Å²) in [6.45, 7) is 5.42. The maximum atomic E-state index is 6.78. The summed E-state index contributed by atoms with van der Waals surface area (Å²) in [5.74, 6) is 1.89. The molecule has 21 heavy (non-hydrogen) atoms. The lowest BCUT2D eigenvalue weighted by atomic mass is 9.75. The number of imidazole rings is 1. The van der Waals surface area contributed by atoms with Crippen LogP contribution in [0.5, 0.6) is 0 Å². The topological polar surface area (TPSA) is 56.7 Å². The minimum atomic E-state index is -0.276. The van der Waals surface area contributed by atoms with Crippen LogP contribution in [0.1, 0.15) is 58.2 Å². The Bertz CT molecular complexity index is 608. The van der Waals surface area contributed by atoms with E-state index in [1.807, 2.05) is 18.3 Å². The fraction of sp³-hybridized carbons (Fsp3) is 0.647. The van der Waals surface area contributed by atoms with Gasteiger partial charge in [-0.05, 0) is 50.2 Å². The molecule has 2 aromatic heterocycles. The molecule has 3 rings (SSSR count). The van der Waals surface area contributed by atoms with E-state index in [-0.39, 0.29) is 5.54 Å². The van der Waals surface area contributed by atoms with E-state index in [2.05, 4.69) is 23.4 Å². The second kappa shape index (κ2) is 5.76. The third kappa shape index (κ3) is 2.57. The summed E-state index contributed by atoms with van der Waals surface area (Å²) in [5, 5.41) is 0. The molecule has 2 N–H and O–H groups in total. The Balaban J connectivity index is 2.01. The van der Waals surface area contributed by atoms with Gasteiger partial charge in [-0.15, -0.1) is 0 Å². The average molecular weight is 286 g/mol. The van der Waals surface area contributed by atoms with Crippen LogP contribution in [0.15, 0.2) is 18.3 Å². The van der Waals surface area contributed by atoms with Crippen LogP contribution in [0.4, 0.5) is 0 Å². The Kier molecular flexibility index (Phi) is 3.98. The highest BCUT2D eigenvalue weighted by Crippen LogP contribution is 2.39. The summed E-state index contributed by atoms with van der Waals surface area (Å²) in [6.07, 6.45) is 8.70. The normalized spacial score (nSPS) is 26.3. The highest BCUT2D eigenvalue weighted by Gasteiger charge is 2.37. The Morgan fingerprint density at radius 2 is 2.10 bits per heavy atom. The summed E-state index contributed by atoms with van der Waals surface area (Å²) >= 11 is 0. The van der Waals surface area contributed by atoms with Gasteiger partial charge in [0.1, 0.15) is 11.3 Å². The lowest BCUT2D eigenvalue weighted by molar-refractivity contribution is 0.217. The number of hydrogen-bond acceptors (Lipinski definition) is 3. The molecule has 4 heteroatoms. The summed E-state index contributed by atoms with van der Waals surface area (Å²) in [5.41, 5.74) is 8.46. The van der Waals surface area contributed by atoms with Gasteiger partial charge >= 0.3 is 0 Å². The molecule has 1 aliphatic rings. The largest absolute Gasteiger partial charge is 0.319 e. The van der Waals surface area contributed by atoms with E-state index in [0.717, 1.165) is 48.7 Å². The van der Waals surface area contributed by atoms with Gasteiger partial charge in [0.05, 0.1) is 5.54 Å². The van der Waals surface area contributed by atoms with E-state index in [4.69, 9.17) is 10.7 Å². The van der Waals surface area contributed by atoms with Crippen LogP contribution in [0.2, 0.25) is 0 Å². The first-order chi connectivity index (χ1) is 10.2. The molecule has 1 fully saturated rings. The predicted octanol–water partition coefficient (Wildman–Crippen LogP) is 3.60. The van der Waals surface area contributed by atoms with Crippen LogP contribution < -0.4 is 5.73 Å². The Morgan fingerprint density at radius 1 is 1.33 bits per heavy atom. The van der Waals surface area contributed by atoms with Gasteiger partial charge in [-0.1, -0.05) is 20.3 Å². The SMILES string of the molecule is CCCn1c(C2(N)CCC(CC)CC2)nc2cccnc21. The van der Waals surface area contributed by atoms with Gasteiger partial charge in [0.2, 0.25) is 0 Å². The average Bonchev–Trinajstić information content (AvgIpc) is 2.88. The minimum absolute atomic E-state index is 0.276. The smallest absolute Gasteiger partial charge is 0.160 e. The van der Waals surface area contributed by atoms with Crippen LogP contribution >= 0.6 is 0 Å². The lowest BCUT2D eigenvalue weighted by Gasteiger charge is -2.36. The maximum Gasteiger partial charge on any atom is 0.160 e. The number of hydrogen-bond donors (Lipinski definition) is 1. The number of nitrogens with two attached hydrogens (primary N) is 1. The number of fused-ring (bicyclic) bond motifs is 1. The maximum absolute atomic E-state index is 6.78. The molecule has 0 aromatic carbocycles. The highest BCUT2D eigenvalue weighted by atomic mass is 15.2.